The Balaban J connectivity index is 2.53. The molecule has 0 heterocycles. The molecule has 0 amide bonds. The van der Waals surface area contributed by atoms with E-state index in [1.165, 1.54) is 0 Å². The molecule has 0 unspecified atom stereocenters. The normalized spacial score (nSPS) is 10.1. The van der Waals surface area contributed by atoms with E-state index in [1.807, 2.05) is 12.3 Å². The Hall–Kier alpha value is -0.0500. The van der Waals surface area contributed by atoms with Crippen LogP contribution in [0.25, 0.3) is 0 Å². The van der Waals surface area contributed by atoms with E-state index in [2.05, 4.69) is 0 Å². The molecular weight excluding hydrogens is 227 g/mol. The third-order valence-corrected chi connectivity index (χ3v) is 2.76. The number of hydrogen-bond donors (Lipinski definition) is 0. The standard InChI is InChI=1S/C9H10Cl2OS/c1-13-5-4-12-7-2-3-8(10)9(11)6-7/h2-3,6H,4-5H2,1H3. The monoisotopic (exact) mass is 236 g/mol. The van der Waals surface area contributed by atoms with Gasteiger partial charge in [-0.15, -0.1) is 0 Å². The van der Waals surface area contributed by atoms with Gasteiger partial charge >= 0.3 is 0 Å². The second-order valence-corrected chi connectivity index (χ2v) is 4.22. The lowest BCUT2D eigenvalue weighted by Gasteiger charge is -2.05. The molecular formula is C9H10Cl2OS. The Morgan fingerprint density at radius 1 is 1.31 bits per heavy atom. The summed E-state index contributed by atoms with van der Waals surface area (Å²) in [5.41, 5.74) is 0. The van der Waals surface area contributed by atoms with Crippen molar-refractivity contribution in [3.63, 3.8) is 0 Å². The number of ether oxygens (including phenoxy) is 1. The molecule has 0 aromatic heterocycles. The van der Waals surface area contributed by atoms with Crippen molar-refractivity contribution in [2.45, 2.75) is 0 Å². The average molecular weight is 237 g/mol. The van der Waals surface area contributed by atoms with Gasteiger partial charge in [-0.05, 0) is 18.4 Å². The minimum absolute atomic E-state index is 0.531. The maximum atomic E-state index is 5.81. The third kappa shape index (κ3) is 3.67. The van der Waals surface area contributed by atoms with Crippen LogP contribution in [-0.4, -0.2) is 18.6 Å². The van der Waals surface area contributed by atoms with E-state index >= 15 is 0 Å². The Bertz CT molecular complexity index is 278. The molecule has 0 aliphatic rings. The minimum atomic E-state index is 0.531. The van der Waals surface area contributed by atoms with Gasteiger partial charge in [0.15, 0.2) is 0 Å². The molecule has 0 aliphatic heterocycles. The smallest absolute Gasteiger partial charge is 0.120 e. The third-order valence-electron chi connectivity index (χ3n) is 1.45. The van der Waals surface area contributed by atoms with Gasteiger partial charge in [0.1, 0.15) is 5.75 Å². The molecule has 1 aromatic rings. The molecule has 0 bridgehead atoms. The first-order valence-electron chi connectivity index (χ1n) is 3.81. The zero-order chi connectivity index (χ0) is 9.68. The van der Waals surface area contributed by atoms with Crippen molar-refractivity contribution >= 4 is 35.0 Å². The molecule has 0 radical (unpaired) electrons. The number of thioether (sulfide) groups is 1. The Kier molecular flexibility index (Phi) is 4.78. The maximum absolute atomic E-state index is 5.81. The molecule has 0 saturated carbocycles. The van der Waals surface area contributed by atoms with Crippen molar-refractivity contribution in [2.24, 2.45) is 0 Å². The molecule has 0 saturated heterocycles. The minimum Gasteiger partial charge on any atom is -0.493 e. The van der Waals surface area contributed by atoms with E-state index in [9.17, 15) is 0 Å². The summed E-state index contributed by atoms with van der Waals surface area (Å²) >= 11 is 13.3. The number of rotatable bonds is 4. The van der Waals surface area contributed by atoms with Crippen LogP contribution in [-0.2, 0) is 0 Å². The van der Waals surface area contributed by atoms with Gasteiger partial charge in [0.2, 0.25) is 0 Å². The molecule has 1 aromatic carbocycles. The molecule has 4 heteroatoms. The fraction of sp³-hybridized carbons (Fsp3) is 0.333. The van der Waals surface area contributed by atoms with E-state index in [0.29, 0.717) is 16.7 Å². The van der Waals surface area contributed by atoms with Gasteiger partial charge in [0.25, 0.3) is 0 Å². The summed E-state index contributed by atoms with van der Waals surface area (Å²) < 4.78 is 5.42. The molecule has 13 heavy (non-hydrogen) atoms. The van der Waals surface area contributed by atoms with Gasteiger partial charge < -0.3 is 4.74 Å². The molecule has 1 rings (SSSR count). The largest absolute Gasteiger partial charge is 0.493 e. The molecule has 72 valence electrons. The SMILES string of the molecule is CSCCOc1ccc(Cl)c(Cl)c1. The molecule has 0 atom stereocenters. The van der Waals surface area contributed by atoms with Crippen LogP contribution < -0.4 is 4.74 Å². The number of benzene rings is 1. The second kappa shape index (κ2) is 5.63. The summed E-state index contributed by atoms with van der Waals surface area (Å²) in [5, 5.41) is 1.09. The summed E-state index contributed by atoms with van der Waals surface area (Å²) in [5.74, 6) is 1.74. The van der Waals surface area contributed by atoms with Crippen molar-refractivity contribution in [3.8, 4) is 5.75 Å². The van der Waals surface area contributed by atoms with Gasteiger partial charge in [0, 0.05) is 11.8 Å². The van der Waals surface area contributed by atoms with Crippen molar-refractivity contribution in [3.05, 3.63) is 28.2 Å². The van der Waals surface area contributed by atoms with Gasteiger partial charge in [-0.3, -0.25) is 0 Å². The summed E-state index contributed by atoms with van der Waals surface area (Å²) in [6.45, 7) is 0.694. The highest BCUT2D eigenvalue weighted by atomic mass is 35.5. The Morgan fingerprint density at radius 3 is 2.69 bits per heavy atom. The van der Waals surface area contributed by atoms with E-state index in [1.54, 1.807) is 23.9 Å². The van der Waals surface area contributed by atoms with E-state index < -0.39 is 0 Å². The van der Waals surface area contributed by atoms with Gasteiger partial charge in [-0.25, -0.2) is 0 Å². The summed E-state index contributed by atoms with van der Waals surface area (Å²) in [4.78, 5) is 0. The van der Waals surface area contributed by atoms with Crippen molar-refractivity contribution in [1.82, 2.24) is 0 Å². The van der Waals surface area contributed by atoms with Crippen molar-refractivity contribution in [2.75, 3.05) is 18.6 Å². The quantitative estimate of drug-likeness (QED) is 0.738. The van der Waals surface area contributed by atoms with Crippen LogP contribution in [0, 0.1) is 0 Å². The van der Waals surface area contributed by atoms with Crippen molar-refractivity contribution < 1.29 is 4.74 Å². The average Bonchev–Trinajstić information content (AvgIpc) is 2.12. The fourth-order valence-electron chi connectivity index (χ4n) is 0.809. The highest BCUT2D eigenvalue weighted by molar-refractivity contribution is 7.98. The second-order valence-electron chi connectivity index (χ2n) is 2.42. The van der Waals surface area contributed by atoms with Crippen LogP contribution in [0.15, 0.2) is 18.2 Å². The molecule has 0 aliphatic carbocycles. The first-order valence-corrected chi connectivity index (χ1v) is 5.96. The summed E-state index contributed by atoms with van der Waals surface area (Å²) in [7, 11) is 0. The number of halogens is 2. The van der Waals surface area contributed by atoms with Crippen LogP contribution in [0.4, 0.5) is 0 Å². The van der Waals surface area contributed by atoms with Gasteiger partial charge in [-0.2, -0.15) is 11.8 Å². The topological polar surface area (TPSA) is 9.23 Å². The lowest BCUT2D eigenvalue weighted by molar-refractivity contribution is 0.344. The van der Waals surface area contributed by atoms with Crippen LogP contribution >= 0.6 is 35.0 Å². The maximum Gasteiger partial charge on any atom is 0.120 e. The first kappa shape index (κ1) is 11.0. The molecule has 0 N–H and O–H groups in total. The molecule has 0 spiro atoms. The highest BCUT2D eigenvalue weighted by Gasteiger charge is 1.99. The van der Waals surface area contributed by atoms with Crippen LogP contribution in [0.3, 0.4) is 0 Å². The predicted molar refractivity (Wildman–Crippen MR) is 60.3 cm³/mol. The van der Waals surface area contributed by atoms with Gasteiger partial charge in [0.05, 0.1) is 16.7 Å². The molecule has 1 nitrogen and oxygen atoms in total. The zero-order valence-electron chi connectivity index (χ0n) is 7.22. The fourth-order valence-corrected chi connectivity index (χ4v) is 1.35. The van der Waals surface area contributed by atoms with Crippen LogP contribution in [0.2, 0.25) is 10.0 Å². The molecule has 0 fully saturated rings. The predicted octanol–water partition coefficient (Wildman–Crippen LogP) is 3.74. The zero-order valence-corrected chi connectivity index (χ0v) is 9.55. The highest BCUT2D eigenvalue weighted by Crippen LogP contribution is 2.26. The van der Waals surface area contributed by atoms with E-state index in [4.69, 9.17) is 27.9 Å². The first-order chi connectivity index (χ1) is 6.24. The lowest BCUT2D eigenvalue weighted by Crippen LogP contribution is -1.99. The van der Waals surface area contributed by atoms with Crippen LogP contribution in [0.5, 0.6) is 5.75 Å². The van der Waals surface area contributed by atoms with Gasteiger partial charge in [-0.1, -0.05) is 23.2 Å². The van der Waals surface area contributed by atoms with Crippen molar-refractivity contribution in [1.29, 1.82) is 0 Å². The van der Waals surface area contributed by atoms with Crippen LogP contribution in [0.1, 0.15) is 0 Å². The van der Waals surface area contributed by atoms with E-state index in [0.717, 1.165) is 11.5 Å². The lowest BCUT2D eigenvalue weighted by atomic mass is 10.3. The Morgan fingerprint density at radius 2 is 2.08 bits per heavy atom. The summed E-state index contributed by atoms with van der Waals surface area (Å²) in [6, 6.07) is 5.27. The Labute approximate surface area is 92.4 Å². The summed E-state index contributed by atoms with van der Waals surface area (Å²) in [6.07, 6.45) is 2.04. The number of hydrogen-bond acceptors (Lipinski definition) is 2. The van der Waals surface area contributed by atoms with E-state index in [-0.39, 0.29) is 0 Å².